The van der Waals surface area contributed by atoms with Gasteiger partial charge in [-0.05, 0) is 43.5 Å². The molecule has 0 saturated carbocycles. The Bertz CT molecular complexity index is 391. The Balaban J connectivity index is 2.49. The summed E-state index contributed by atoms with van der Waals surface area (Å²) in [6, 6.07) is 0.521. The van der Waals surface area contributed by atoms with E-state index in [4.69, 9.17) is 0 Å². The Hall–Kier alpha value is -0.630. The number of nitrogens with one attached hydrogen (secondary N) is 2. The largest absolute Gasteiger partial charge is 0.368 e. The van der Waals surface area contributed by atoms with Crippen LogP contribution in [0.25, 0.3) is 0 Å². The standard InChI is InChI=1S/C10H17IN4O/c1-7(2)15(3)5-4-12-9-8(11)10(16)14-6-13-9/h6-7H,4-5H2,1-3H3,(H2,12,13,14,16). The number of H-pyrrole nitrogens is 1. The first-order valence-corrected chi connectivity index (χ1v) is 6.27. The second-order valence-corrected chi connectivity index (χ2v) is 4.97. The summed E-state index contributed by atoms with van der Waals surface area (Å²) in [6.45, 7) is 5.99. The summed E-state index contributed by atoms with van der Waals surface area (Å²) in [5.74, 6) is 0.654. The minimum absolute atomic E-state index is 0.102. The number of hydrogen-bond acceptors (Lipinski definition) is 4. The van der Waals surface area contributed by atoms with Gasteiger partial charge in [0.2, 0.25) is 0 Å². The average Bonchev–Trinajstić information content (AvgIpc) is 2.24. The summed E-state index contributed by atoms with van der Waals surface area (Å²) >= 11 is 1.99. The molecule has 1 rings (SSSR count). The van der Waals surface area contributed by atoms with Crippen molar-refractivity contribution in [3.05, 3.63) is 20.3 Å². The summed E-state index contributed by atoms with van der Waals surface area (Å²) in [5.41, 5.74) is -0.102. The van der Waals surface area contributed by atoms with E-state index < -0.39 is 0 Å². The average molecular weight is 336 g/mol. The molecule has 0 radical (unpaired) electrons. The summed E-state index contributed by atoms with van der Waals surface area (Å²) in [6.07, 6.45) is 1.42. The molecule has 5 nitrogen and oxygen atoms in total. The maximum Gasteiger partial charge on any atom is 0.266 e. The van der Waals surface area contributed by atoms with Crippen molar-refractivity contribution in [1.29, 1.82) is 0 Å². The fraction of sp³-hybridized carbons (Fsp3) is 0.600. The van der Waals surface area contributed by atoms with Crippen LogP contribution in [0.2, 0.25) is 0 Å². The number of aromatic nitrogens is 2. The molecule has 1 heterocycles. The minimum atomic E-state index is -0.102. The van der Waals surface area contributed by atoms with Crippen LogP contribution in [-0.4, -0.2) is 41.0 Å². The van der Waals surface area contributed by atoms with Gasteiger partial charge >= 0.3 is 0 Å². The van der Waals surface area contributed by atoms with Gasteiger partial charge in [0.25, 0.3) is 5.56 Å². The monoisotopic (exact) mass is 336 g/mol. The minimum Gasteiger partial charge on any atom is -0.368 e. The molecule has 0 atom stereocenters. The third-order valence-electron chi connectivity index (χ3n) is 2.44. The van der Waals surface area contributed by atoms with Crippen LogP contribution < -0.4 is 10.9 Å². The molecular weight excluding hydrogens is 319 g/mol. The van der Waals surface area contributed by atoms with E-state index in [-0.39, 0.29) is 5.56 Å². The van der Waals surface area contributed by atoms with Crippen molar-refractivity contribution in [2.75, 3.05) is 25.5 Å². The van der Waals surface area contributed by atoms with Crippen molar-refractivity contribution in [3.63, 3.8) is 0 Å². The molecule has 0 aliphatic heterocycles. The van der Waals surface area contributed by atoms with Crippen LogP contribution in [0.15, 0.2) is 11.1 Å². The second kappa shape index (κ2) is 6.19. The zero-order valence-corrected chi connectivity index (χ0v) is 11.9. The van der Waals surface area contributed by atoms with E-state index in [0.29, 0.717) is 15.4 Å². The molecule has 0 aliphatic carbocycles. The molecule has 0 aliphatic rings. The van der Waals surface area contributed by atoms with Crippen LogP contribution in [0.3, 0.4) is 0 Å². The number of nitrogens with zero attached hydrogens (tertiary/aromatic N) is 2. The lowest BCUT2D eigenvalue weighted by molar-refractivity contribution is 0.284. The lowest BCUT2D eigenvalue weighted by Gasteiger charge is -2.21. The van der Waals surface area contributed by atoms with Crippen molar-refractivity contribution in [2.45, 2.75) is 19.9 Å². The summed E-state index contributed by atoms with van der Waals surface area (Å²) in [4.78, 5) is 20.1. The van der Waals surface area contributed by atoms with E-state index >= 15 is 0 Å². The van der Waals surface area contributed by atoms with Crippen LogP contribution >= 0.6 is 22.6 Å². The molecule has 0 spiro atoms. The van der Waals surface area contributed by atoms with Crippen molar-refractivity contribution in [1.82, 2.24) is 14.9 Å². The number of halogens is 1. The normalized spacial score (nSPS) is 11.1. The van der Waals surface area contributed by atoms with Gasteiger partial charge in [0, 0.05) is 19.1 Å². The quantitative estimate of drug-likeness (QED) is 0.792. The summed E-state index contributed by atoms with van der Waals surface area (Å²) in [5, 5.41) is 3.16. The van der Waals surface area contributed by atoms with Crippen LogP contribution in [-0.2, 0) is 0 Å². The molecule has 0 unspecified atom stereocenters. The van der Waals surface area contributed by atoms with Gasteiger partial charge in [-0.1, -0.05) is 0 Å². The van der Waals surface area contributed by atoms with Crippen molar-refractivity contribution >= 4 is 28.4 Å². The zero-order valence-electron chi connectivity index (χ0n) is 9.75. The smallest absolute Gasteiger partial charge is 0.266 e. The maximum atomic E-state index is 11.3. The van der Waals surface area contributed by atoms with Gasteiger partial charge in [-0.25, -0.2) is 4.98 Å². The van der Waals surface area contributed by atoms with E-state index in [2.05, 4.69) is 41.1 Å². The molecule has 2 N–H and O–H groups in total. The van der Waals surface area contributed by atoms with E-state index in [1.165, 1.54) is 6.33 Å². The van der Waals surface area contributed by atoms with Gasteiger partial charge in [0.1, 0.15) is 9.39 Å². The molecular formula is C10H17IN4O. The van der Waals surface area contributed by atoms with Gasteiger partial charge in [-0.3, -0.25) is 4.79 Å². The van der Waals surface area contributed by atoms with Gasteiger partial charge in [-0.2, -0.15) is 0 Å². The Morgan fingerprint density at radius 3 is 2.94 bits per heavy atom. The predicted molar refractivity (Wildman–Crippen MR) is 73.8 cm³/mol. The Morgan fingerprint density at radius 1 is 1.62 bits per heavy atom. The summed E-state index contributed by atoms with van der Waals surface area (Å²) < 4.78 is 0.604. The number of hydrogen-bond donors (Lipinski definition) is 2. The fourth-order valence-corrected chi connectivity index (χ4v) is 1.60. The van der Waals surface area contributed by atoms with E-state index in [0.717, 1.165) is 13.1 Å². The first-order valence-electron chi connectivity index (χ1n) is 5.19. The lowest BCUT2D eigenvalue weighted by atomic mass is 10.3. The molecule has 0 amide bonds. The van der Waals surface area contributed by atoms with E-state index in [1.54, 1.807) is 0 Å². The molecule has 6 heteroatoms. The molecule has 90 valence electrons. The van der Waals surface area contributed by atoms with Crippen molar-refractivity contribution < 1.29 is 0 Å². The molecule has 16 heavy (non-hydrogen) atoms. The van der Waals surface area contributed by atoms with Gasteiger partial charge in [0.05, 0.1) is 6.33 Å². The van der Waals surface area contributed by atoms with E-state index in [9.17, 15) is 4.79 Å². The molecule has 0 saturated heterocycles. The molecule has 0 bridgehead atoms. The summed E-state index contributed by atoms with van der Waals surface area (Å²) in [7, 11) is 2.07. The number of rotatable bonds is 5. The number of anilines is 1. The van der Waals surface area contributed by atoms with Crippen LogP contribution in [0.5, 0.6) is 0 Å². The second-order valence-electron chi connectivity index (χ2n) is 3.90. The first kappa shape index (κ1) is 13.4. The predicted octanol–water partition coefficient (Wildman–Crippen LogP) is 1.13. The third-order valence-corrected chi connectivity index (χ3v) is 3.44. The topological polar surface area (TPSA) is 61.0 Å². The van der Waals surface area contributed by atoms with Gasteiger partial charge in [-0.15, -0.1) is 0 Å². The van der Waals surface area contributed by atoms with Crippen LogP contribution in [0.4, 0.5) is 5.82 Å². The molecule has 1 aromatic rings. The Kier molecular flexibility index (Phi) is 5.20. The Labute approximate surface area is 109 Å². The molecule has 1 aromatic heterocycles. The fourth-order valence-electron chi connectivity index (χ4n) is 1.12. The number of aromatic amines is 1. The van der Waals surface area contributed by atoms with Gasteiger partial charge < -0.3 is 15.2 Å². The molecule has 0 aromatic carbocycles. The van der Waals surface area contributed by atoms with Crippen molar-refractivity contribution in [3.8, 4) is 0 Å². The van der Waals surface area contributed by atoms with Gasteiger partial charge in [0.15, 0.2) is 0 Å². The molecule has 0 fully saturated rings. The SMILES string of the molecule is CC(C)N(C)CCNc1nc[nH]c(=O)c1I. The highest BCUT2D eigenvalue weighted by Crippen LogP contribution is 2.07. The highest BCUT2D eigenvalue weighted by Gasteiger charge is 2.06. The van der Waals surface area contributed by atoms with E-state index in [1.807, 2.05) is 22.6 Å². The highest BCUT2D eigenvalue weighted by molar-refractivity contribution is 14.1. The highest BCUT2D eigenvalue weighted by atomic mass is 127. The Morgan fingerprint density at radius 2 is 2.31 bits per heavy atom. The van der Waals surface area contributed by atoms with Crippen LogP contribution in [0.1, 0.15) is 13.8 Å². The third kappa shape index (κ3) is 3.75. The maximum absolute atomic E-state index is 11.3. The zero-order chi connectivity index (χ0) is 12.1. The van der Waals surface area contributed by atoms with Crippen LogP contribution in [0, 0.1) is 3.57 Å². The number of likely N-dealkylation sites (N-methyl/N-ethyl adjacent to an activating group) is 1. The van der Waals surface area contributed by atoms with Crippen molar-refractivity contribution in [2.24, 2.45) is 0 Å². The first-order chi connectivity index (χ1) is 7.52. The lowest BCUT2D eigenvalue weighted by Crippen LogP contribution is -2.31.